The van der Waals surface area contributed by atoms with Gasteiger partial charge in [-0.15, -0.1) is 6.58 Å². The number of hydrogen-bond acceptors (Lipinski definition) is 3. The maximum absolute atomic E-state index is 13.2. The summed E-state index contributed by atoms with van der Waals surface area (Å²) in [6.45, 7) is 3.78. The number of halogens is 1. The Bertz CT molecular complexity index is 776. The molecule has 3 heterocycles. The van der Waals surface area contributed by atoms with Gasteiger partial charge in [-0.25, -0.2) is 0 Å². The highest BCUT2D eigenvalue weighted by Crippen LogP contribution is 2.56. The van der Waals surface area contributed by atoms with E-state index in [9.17, 15) is 14.7 Å². The smallest absolute Gasteiger partial charge is 0.310 e. The first kappa shape index (κ1) is 15.4. The van der Waals surface area contributed by atoms with Crippen LogP contribution in [0.2, 0.25) is 5.02 Å². The van der Waals surface area contributed by atoms with E-state index in [1.807, 2.05) is 6.08 Å². The molecule has 0 radical (unpaired) electrons. The lowest BCUT2D eigenvalue weighted by atomic mass is 9.74. The Morgan fingerprint density at radius 3 is 2.88 bits per heavy atom. The van der Waals surface area contributed by atoms with Crippen LogP contribution in [0.25, 0.3) is 0 Å². The van der Waals surface area contributed by atoms with Crippen LogP contribution in [0.1, 0.15) is 6.42 Å². The first-order valence-corrected chi connectivity index (χ1v) is 8.17. The maximum atomic E-state index is 13.2. The number of benzene rings is 1. The zero-order valence-electron chi connectivity index (χ0n) is 12.8. The lowest BCUT2D eigenvalue weighted by Gasteiger charge is -2.32. The molecule has 0 saturated carbocycles. The average molecular weight is 346 g/mol. The molecule has 1 N–H and O–H groups in total. The molecular weight excluding hydrogens is 330 g/mol. The van der Waals surface area contributed by atoms with Gasteiger partial charge >= 0.3 is 5.97 Å². The predicted molar refractivity (Wildman–Crippen MR) is 88.9 cm³/mol. The summed E-state index contributed by atoms with van der Waals surface area (Å²) in [6.07, 6.45) is 5.26. The molecule has 0 aromatic heterocycles. The van der Waals surface area contributed by atoms with Crippen molar-refractivity contribution >= 4 is 29.2 Å². The fraction of sp³-hybridized carbons (Fsp3) is 0.333. The molecule has 3 aliphatic heterocycles. The van der Waals surface area contributed by atoms with E-state index >= 15 is 0 Å². The van der Waals surface area contributed by atoms with Crippen LogP contribution < -0.4 is 4.90 Å². The van der Waals surface area contributed by atoms with Gasteiger partial charge in [0, 0.05) is 0 Å². The number of anilines is 1. The molecule has 1 aromatic rings. The van der Waals surface area contributed by atoms with E-state index in [0.29, 0.717) is 17.1 Å². The first-order chi connectivity index (χ1) is 11.5. The topological polar surface area (TPSA) is 66.8 Å². The van der Waals surface area contributed by atoms with Crippen molar-refractivity contribution in [3.63, 3.8) is 0 Å². The van der Waals surface area contributed by atoms with Crippen LogP contribution in [0.3, 0.4) is 0 Å². The largest absolute Gasteiger partial charge is 0.481 e. The molecule has 6 heteroatoms. The molecule has 1 amide bonds. The molecule has 5 nitrogen and oxygen atoms in total. The Kier molecular flexibility index (Phi) is 3.34. The van der Waals surface area contributed by atoms with E-state index in [1.54, 1.807) is 41.3 Å². The highest BCUT2D eigenvalue weighted by molar-refractivity contribution is 6.34. The number of carbonyl (C=O) groups is 2. The van der Waals surface area contributed by atoms with Crippen molar-refractivity contribution in [3.05, 3.63) is 54.1 Å². The van der Waals surface area contributed by atoms with Crippen LogP contribution in [-0.2, 0) is 14.3 Å². The van der Waals surface area contributed by atoms with Crippen LogP contribution in [0.15, 0.2) is 49.1 Å². The summed E-state index contributed by atoms with van der Waals surface area (Å²) < 4.78 is 6.04. The van der Waals surface area contributed by atoms with Gasteiger partial charge in [0.25, 0.3) is 0 Å². The van der Waals surface area contributed by atoms with E-state index in [0.717, 1.165) is 0 Å². The summed E-state index contributed by atoms with van der Waals surface area (Å²) in [7, 11) is 0. The average Bonchev–Trinajstić information content (AvgIpc) is 3.18. The van der Waals surface area contributed by atoms with Crippen molar-refractivity contribution in [1.82, 2.24) is 0 Å². The zero-order valence-corrected chi connectivity index (χ0v) is 13.5. The molecule has 2 bridgehead atoms. The standard InChI is InChI=1S/C18H16ClNO4/c1-2-5-13-18-9-8-12(24-18)14(17(22)23)15(18)16(21)20(13)11-7-4-3-6-10(11)19/h2-4,6-9,12-15H,1,5H2,(H,22,23)/t12-,13+,14-,15+,18+/m0/s1. The normalized spacial score (nSPS) is 36.2. The number of ether oxygens (including phenoxy) is 1. The fourth-order valence-corrected chi connectivity index (χ4v) is 4.54. The summed E-state index contributed by atoms with van der Waals surface area (Å²) in [5.41, 5.74) is -0.359. The molecule has 1 aromatic carbocycles. The third-order valence-corrected chi connectivity index (χ3v) is 5.53. The maximum Gasteiger partial charge on any atom is 0.310 e. The number of nitrogens with zero attached hydrogens (tertiary/aromatic N) is 1. The van der Waals surface area contributed by atoms with Crippen LogP contribution in [0.4, 0.5) is 5.69 Å². The van der Waals surface area contributed by atoms with E-state index in [1.165, 1.54) is 0 Å². The van der Waals surface area contributed by atoms with Crippen LogP contribution in [0.5, 0.6) is 0 Å². The Labute approximate surface area is 144 Å². The van der Waals surface area contributed by atoms with Gasteiger partial charge in [-0.3, -0.25) is 9.59 Å². The van der Waals surface area contributed by atoms with E-state index in [-0.39, 0.29) is 11.9 Å². The first-order valence-electron chi connectivity index (χ1n) is 7.79. The molecule has 124 valence electrons. The molecular formula is C18H16ClNO4. The minimum absolute atomic E-state index is 0.255. The molecule has 0 aliphatic carbocycles. The molecule has 3 aliphatic rings. The van der Waals surface area contributed by atoms with Gasteiger partial charge in [0.2, 0.25) is 5.91 Å². The van der Waals surface area contributed by atoms with Gasteiger partial charge in [0.15, 0.2) is 0 Å². The Morgan fingerprint density at radius 2 is 2.21 bits per heavy atom. The van der Waals surface area contributed by atoms with Crippen molar-refractivity contribution in [2.24, 2.45) is 11.8 Å². The minimum Gasteiger partial charge on any atom is -0.481 e. The summed E-state index contributed by atoms with van der Waals surface area (Å²) in [6, 6.07) is 6.70. The number of fused-ring (bicyclic) bond motifs is 1. The Morgan fingerprint density at radius 1 is 1.46 bits per heavy atom. The molecule has 4 rings (SSSR count). The van der Waals surface area contributed by atoms with Crippen molar-refractivity contribution in [2.45, 2.75) is 24.2 Å². The van der Waals surface area contributed by atoms with Crippen molar-refractivity contribution < 1.29 is 19.4 Å². The highest BCUT2D eigenvalue weighted by Gasteiger charge is 2.71. The van der Waals surface area contributed by atoms with Crippen LogP contribution in [0, 0.1) is 11.8 Å². The zero-order chi connectivity index (χ0) is 17.1. The summed E-state index contributed by atoms with van der Waals surface area (Å²) in [5.74, 6) is -2.88. The Balaban J connectivity index is 1.87. The number of aliphatic carboxylic acids is 1. The number of carbonyl (C=O) groups excluding carboxylic acids is 1. The number of rotatable bonds is 4. The SMILES string of the molecule is C=CC[C@H]1N(c2ccccc2Cl)C(=O)[C@H]2[C@@H](C(=O)O)[C@@H]3C=C[C@]21O3. The van der Waals surface area contributed by atoms with Gasteiger partial charge in [0.1, 0.15) is 11.5 Å². The number of carboxylic acids is 1. The third-order valence-electron chi connectivity index (χ3n) is 5.21. The fourth-order valence-electron chi connectivity index (χ4n) is 4.31. The quantitative estimate of drug-likeness (QED) is 0.852. The lowest BCUT2D eigenvalue weighted by Crippen LogP contribution is -2.45. The summed E-state index contributed by atoms with van der Waals surface area (Å²) in [5, 5.41) is 10.0. The number of carboxylic acid groups (broad SMARTS) is 1. The number of hydrogen-bond donors (Lipinski definition) is 1. The molecule has 2 fully saturated rings. The van der Waals surface area contributed by atoms with Gasteiger partial charge in [-0.2, -0.15) is 0 Å². The van der Waals surface area contributed by atoms with E-state index < -0.39 is 29.5 Å². The van der Waals surface area contributed by atoms with Gasteiger partial charge in [0.05, 0.1) is 28.8 Å². The second-order valence-corrected chi connectivity index (χ2v) is 6.74. The van der Waals surface area contributed by atoms with Crippen molar-refractivity contribution in [2.75, 3.05) is 4.90 Å². The summed E-state index contributed by atoms with van der Waals surface area (Å²) >= 11 is 6.29. The number of para-hydroxylation sites is 1. The molecule has 24 heavy (non-hydrogen) atoms. The third kappa shape index (κ3) is 1.79. The lowest BCUT2D eigenvalue weighted by molar-refractivity contribution is -0.146. The minimum atomic E-state index is -1.01. The molecule has 5 atom stereocenters. The number of amides is 1. The molecule has 0 unspecified atom stereocenters. The second-order valence-electron chi connectivity index (χ2n) is 6.34. The van der Waals surface area contributed by atoms with Gasteiger partial charge < -0.3 is 14.7 Å². The monoisotopic (exact) mass is 345 g/mol. The van der Waals surface area contributed by atoms with E-state index in [2.05, 4.69) is 6.58 Å². The van der Waals surface area contributed by atoms with Gasteiger partial charge in [-0.05, 0) is 18.6 Å². The second kappa shape index (κ2) is 5.19. The predicted octanol–water partition coefficient (Wildman–Crippen LogP) is 2.66. The molecule has 2 saturated heterocycles. The highest BCUT2D eigenvalue weighted by atomic mass is 35.5. The van der Waals surface area contributed by atoms with Gasteiger partial charge in [-0.1, -0.05) is 42.0 Å². The van der Waals surface area contributed by atoms with Crippen LogP contribution >= 0.6 is 11.6 Å². The van der Waals surface area contributed by atoms with E-state index in [4.69, 9.17) is 16.3 Å². The Hall–Kier alpha value is -2.11. The summed E-state index contributed by atoms with van der Waals surface area (Å²) in [4.78, 5) is 26.5. The van der Waals surface area contributed by atoms with Crippen molar-refractivity contribution in [1.29, 1.82) is 0 Å². The van der Waals surface area contributed by atoms with Crippen molar-refractivity contribution in [3.8, 4) is 0 Å². The van der Waals surface area contributed by atoms with Crippen LogP contribution in [-0.4, -0.2) is 34.7 Å². The molecule has 1 spiro atoms.